The highest BCUT2D eigenvalue weighted by atomic mass is 35.5. The van der Waals surface area contributed by atoms with Crippen molar-refractivity contribution in [3.8, 4) is 5.75 Å². The molecule has 0 saturated carbocycles. The van der Waals surface area contributed by atoms with Gasteiger partial charge in [-0.05, 0) is 68.4 Å². The van der Waals surface area contributed by atoms with Crippen LogP contribution in [0.5, 0.6) is 5.75 Å². The number of likely N-dealkylation sites (tertiary alicyclic amines) is 1. The molecular weight excluding hydrogens is 559 g/mol. The van der Waals surface area contributed by atoms with E-state index < -0.39 is 6.04 Å². The van der Waals surface area contributed by atoms with E-state index in [-0.39, 0.29) is 22.9 Å². The number of ether oxygens (including phenoxy) is 1. The second-order valence-electron chi connectivity index (χ2n) is 10.7. The molecule has 0 radical (unpaired) electrons. The Labute approximate surface area is 252 Å². The van der Waals surface area contributed by atoms with Crippen LogP contribution in [0, 0.1) is 0 Å². The van der Waals surface area contributed by atoms with Gasteiger partial charge in [0.15, 0.2) is 0 Å². The fraction of sp³-hybridized carbons (Fsp3) is 0.375. The number of carbonyl (C=O) groups excluding carboxylic acids is 2. The second-order valence-corrected chi connectivity index (χ2v) is 11.5. The molecule has 7 nitrogen and oxygen atoms in total. The molecule has 1 fully saturated rings. The number of nitrogens with zero attached hydrogens (tertiary/aromatic N) is 2. The van der Waals surface area contributed by atoms with Crippen LogP contribution in [0.25, 0.3) is 0 Å². The summed E-state index contributed by atoms with van der Waals surface area (Å²) in [7, 11) is 4.12. The van der Waals surface area contributed by atoms with Gasteiger partial charge in [-0.2, -0.15) is 0 Å². The molecule has 1 saturated heterocycles. The SMILES string of the molecule is CN(C)CCCOc1ccc(CN2CC[C@H](NC(=O)[C@H](Cc3ccccc3)NC(=O)c3ccc(Cl)c(Cl)c3)C2)cc1. The van der Waals surface area contributed by atoms with Crippen LogP contribution in [0.1, 0.15) is 34.3 Å². The third kappa shape index (κ3) is 9.75. The van der Waals surface area contributed by atoms with Gasteiger partial charge in [-0.15, -0.1) is 0 Å². The van der Waals surface area contributed by atoms with Crippen LogP contribution in [-0.4, -0.2) is 74.0 Å². The number of carbonyl (C=O) groups is 2. The fourth-order valence-electron chi connectivity index (χ4n) is 4.85. The summed E-state index contributed by atoms with van der Waals surface area (Å²) in [6.07, 6.45) is 2.21. The zero-order valence-corrected chi connectivity index (χ0v) is 25.1. The van der Waals surface area contributed by atoms with E-state index in [1.54, 1.807) is 12.1 Å². The lowest BCUT2D eigenvalue weighted by Crippen LogP contribution is -2.51. The number of amides is 2. The molecule has 2 atom stereocenters. The zero-order valence-electron chi connectivity index (χ0n) is 23.6. The molecule has 1 aliphatic rings. The summed E-state index contributed by atoms with van der Waals surface area (Å²) in [4.78, 5) is 30.9. The van der Waals surface area contributed by atoms with E-state index in [1.807, 2.05) is 42.5 Å². The van der Waals surface area contributed by atoms with Gasteiger partial charge < -0.3 is 20.3 Å². The number of benzene rings is 3. The highest BCUT2D eigenvalue weighted by Gasteiger charge is 2.28. The van der Waals surface area contributed by atoms with Gasteiger partial charge in [0.1, 0.15) is 11.8 Å². The molecule has 1 heterocycles. The summed E-state index contributed by atoms with van der Waals surface area (Å²) < 4.78 is 5.84. The van der Waals surface area contributed by atoms with Gasteiger partial charge in [0, 0.05) is 44.2 Å². The lowest BCUT2D eigenvalue weighted by Gasteiger charge is -2.22. The van der Waals surface area contributed by atoms with Crippen LogP contribution in [0.4, 0.5) is 0 Å². The van der Waals surface area contributed by atoms with Crippen molar-refractivity contribution < 1.29 is 14.3 Å². The lowest BCUT2D eigenvalue weighted by atomic mass is 10.0. The lowest BCUT2D eigenvalue weighted by molar-refractivity contribution is -0.123. The van der Waals surface area contributed by atoms with Crippen LogP contribution >= 0.6 is 23.2 Å². The van der Waals surface area contributed by atoms with Crippen molar-refractivity contribution >= 4 is 35.0 Å². The number of hydrogen-bond acceptors (Lipinski definition) is 5. The molecular formula is C32H38Cl2N4O3. The quantitative estimate of drug-likeness (QED) is 0.270. The normalized spacial score (nSPS) is 16.0. The van der Waals surface area contributed by atoms with Crippen molar-refractivity contribution in [2.75, 3.05) is 40.3 Å². The summed E-state index contributed by atoms with van der Waals surface area (Å²) in [5.74, 6) is 0.300. The molecule has 41 heavy (non-hydrogen) atoms. The summed E-state index contributed by atoms with van der Waals surface area (Å²) in [6.45, 7) is 4.13. The van der Waals surface area contributed by atoms with Crippen LogP contribution in [0.15, 0.2) is 72.8 Å². The summed E-state index contributed by atoms with van der Waals surface area (Å²) in [6, 6.07) is 21.8. The zero-order chi connectivity index (χ0) is 29.2. The summed E-state index contributed by atoms with van der Waals surface area (Å²) >= 11 is 12.1. The number of halogens is 2. The summed E-state index contributed by atoms with van der Waals surface area (Å²) in [5, 5.41) is 6.73. The Morgan fingerprint density at radius 3 is 2.46 bits per heavy atom. The first-order chi connectivity index (χ1) is 19.8. The highest BCUT2D eigenvalue weighted by molar-refractivity contribution is 6.42. The minimum atomic E-state index is -0.737. The predicted molar refractivity (Wildman–Crippen MR) is 165 cm³/mol. The van der Waals surface area contributed by atoms with E-state index >= 15 is 0 Å². The molecule has 4 rings (SSSR count). The molecule has 1 aliphatic heterocycles. The maximum absolute atomic E-state index is 13.4. The molecule has 3 aromatic carbocycles. The first kappa shape index (κ1) is 30.8. The Bertz CT molecular complexity index is 1290. The van der Waals surface area contributed by atoms with Crippen molar-refractivity contribution in [3.63, 3.8) is 0 Å². The number of nitrogens with one attached hydrogen (secondary N) is 2. The Balaban J connectivity index is 1.31. The average molecular weight is 598 g/mol. The molecule has 0 spiro atoms. The molecule has 0 aromatic heterocycles. The van der Waals surface area contributed by atoms with Crippen LogP contribution in [-0.2, 0) is 17.8 Å². The first-order valence-electron chi connectivity index (χ1n) is 14.0. The predicted octanol–water partition coefficient (Wildman–Crippen LogP) is 5.06. The largest absolute Gasteiger partial charge is 0.494 e. The van der Waals surface area contributed by atoms with Gasteiger partial charge in [-0.25, -0.2) is 0 Å². The first-order valence-corrected chi connectivity index (χ1v) is 14.7. The van der Waals surface area contributed by atoms with Crippen LogP contribution < -0.4 is 15.4 Å². The molecule has 0 bridgehead atoms. The molecule has 2 N–H and O–H groups in total. The van der Waals surface area contributed by atoms with Crippen molar-refractivity contribution in [2.24, 2.45) is 0 Å². The van der Waals surface area contributed by atoms with E-state index in [9.17, 15) is 9.59 Å². The summed E-state index contributed by atoms with van der Waals surface area (Å²) in [5.41, 5.74) is 2.51. The van der Waals surface area contributed by atoms with Gasteiger partial charge in [0.05, 0.1) is 16.7 Å². The monoisotopic (exact) mass is 596 g/mol. The highest BCUT2D eigenvalue weighted by Crippen LogP contribution is 2.23. The maximum Gasteiger partial charge on any atom is 0.251 e. The average Bonchev–Trinajstić information content (AvgIpc) is 3.39. The van der Waals surface area contributed by atoms with Gasteiger partial charge in [0.2, 0.25) is 5.91 Å². The van der Waals surface area contributed by atoms with E-state index in [0.29, 0.717) is 23.6 Å². The minimum Gasteiger partial charge on any atom is -0.494 e. The van der Waals surface area contributed by atoms with E-state index in [1.165, 1.54) is 11.6 Å². The number of hydrogen-bond donors (Lipinski definition) is 2. The van der Waals surface area contributed by atoms with Gasteiger partial charge in [0.25, 0.3) is 5.91 Å². The van der Waals surface area contributed by atoms with Crippen molar-refractivity contribution in [3.05, 3.63) is 99.5 Å². The second kappa shape index (κ2) is 15.2. The standard InChI is InChI=1S/C32H38Cl2N4O3/c1-37(2)16-6-18-41-27-12-9-24(10-13-27)21-38-17-15-26(22-38)35-32(40)30(19-23-7-4-3-5-8-23)36-31(39)25-11-14-28(33)29(34)20-25/h3-5,7-14,20,26,30H,6,15-19,21-22H2,1-2H3,(H,35,40)(H,36,39)/t26-,30-/m0/s1. The molecule has 0 aliphatic carbocycles. The minimum absolute atomic E-state index is 0.00181. The van der Waals surface area contributed by atoms with E-state index in [2.05, 4.69) is 46.7 Å². The Morgan fingerprint density at radius 1 is 1.00 bits per heavy atom. The van der Waals surface area contributed by atoms with Crippen molar-refractivity contribution in [1.29, 1.82) is 0 Å². The van der Waals surface area contributed by atoms with Crippen molar-refractivity contribution in [2.45, 2.75) is 37.9 Å². The molecule has 0 unspecified atom stereocenters. The Morgan fingerprint density at radius 2 is 1.76 bits per heavy atom. The van der Waals surface area contributed by atoms with Gasteiger partial charge in [-0.1, -0.05) is 65.7 Å². The van der Waals surface area contributed by atoms with E-state index in [0.717, 1.165) is 50.3 Å². The van der Waals surface area contributed by atoms with E-state index in [4.69, 9.17) is 27.9 Å². The number of rotatable bonds is 13. The topological polar surface area (TPSA) is 73.9 Å². The molecule has 3 aromatic rings. The Hall–Kier alpha value is -3.10. The van der Waals surface area contributed by atoms with Crippen LogP contribution in [0.3, 0.4) is 0 Å². The van der Waals surface area contributed by atoms with Crippen LogP contribution in [0.2, 0.25) is 10.0 Å². The fourth-order valence-corrected chi connectivity index (χ4v) is 5.15. The molecule has 218 valence electrons. The molecule has 9 heteroatoms. The molecule has 2 amide bonds. The third-order valence-corrected chi connectivity index (χ3v) is 7.79. The third-order valence-electron chi connectivity index (χ3n) is 7.05. The Kier molecular flexibility index (Phi) is 11.5. The smallest absolute Gasteiger partial charge is 0.251 e. The maximum atomic E-state index is 13.4. The van der Waals surface area contributed by atoms with Crippen molar-refractivity contribution in [1.82, 2.24) is 20.4 Å². The van der Waals surface area contributed by atoms with Gasteiger partial charge in [-0.3, -0.25) is 14.5 Å². The van der Waals surface area contributed by atoms with Gasteiger partial charge >= 0.3 is 0 Å².